The maximum Gasteiger partial charge on any atom is 0.240 e. The van der Waals surface area contributed by atoms with E-state index in [9.17, 15) is 0 Å². The van der Waals surface area contributed by atoms with Crippen LogP contribution in [0.3, 0.4) is 0 Å². The molecule has 0 bridgehead atoms. The Labute approximate surface area is 215 Å². The predicted molar refractivity (Wildman–Crippen MR) is 151 cm³/mol. The molecule has 2 aromatic carbocycles. The molecule has 0 aliphatic heterocycles. The van der Waals surface area contributed by atoms with Crippen LogP contribution in [0.5, 0.6) is 0 Å². The molecule has 0 saturated carbocycles. The summed E-state index contributed by atoms with van der Waals surface area (Å²) in [5, 5.41) is 7.03. The van der Waals surface area contributed by atoms with Crippen molar-refractivity contribution in [2.75, 3.05) is 0 Å². The highest BCUT2D eigenvalue weighted by atomic mass is 28.3. The fourth-order valence-corrected chi connectivity index (χ4v) is 8.12. The van der Waals surface area contributed by atoms with E-state index in [1.54, 1.807) is 0 Å². The van der Waals surface area contributed by atoms with Crippen LogP contribution in [0.4, 0.5) is 0 Å². The van der Waals surface area contributed by atoms with Crippen LogP contribution in [0.2, 0.25) is 13.1 Å². The van der Waals surface area contributed by atoms with Crippen molar-refractivity contribution in [2.24, 2.45) is 10.8 Å². The topological polar surface area (TPSA) is 44.5 Å². The van der Waals surface area contributed by atoms with Gasteiger partial charge in [0.25, 0.3) is 0 Å². The normalized spacial score (nSPS) is 14.5. The molecule has 4 nitrogen and oxygen atoms in total. The Balaban J connectivity index is 1.79. The maximum absolute atomic E-state index is 7.03. The summed E-state index contributed by atoms with van der Waals surface area (Å²) in [4.78, 5) is 0. The van der Waals surface area contributed by atoms with Gasteiger partial charge < -0.3 is 13.4 Å². The Morgan fingerprint density at radius 3 is 1.80 bits per heavy atom. The van der Waals surface area contributed by atoms with Crippen molar-refractivity contribution in [2.45, 2.75) is 79.7 Å². The van der Waals surface area contributed by atoms with Gasteiger partial charge in [-0.15, -0.1) is 0 Å². The Hall–Kier alpha value is -2.00. The maximum atomic E-state index is 7.03. The first kappa shape index (κ1) is 27.6. The average molecular weight is 510 g/mol. The fraction of sp³-hybridized carbons (Fsp3) is 0.483. The Morgan fingerprint density at radius 2 is 1.34 bits per heavy atom. The van der Waals surface area contributed by atoms with Crippen molar-refractivity contribution < 1.29 is 13.4 Å². The molecule has 0 fully saturated rings. The van der Waals surface area contributed by atoms with Crippen molar-refractivity contribution in [3.05, 3.63) is 78.2 Å². The number of rotatable bonds is 10. The molecule has 3 aromatic rings. The van der Waals surface area contributed by atoms with Crippen LogP contribution < -0.4 is 10.4 Å². The van der Waals surface area contributed by atoms with Crippen molar-refractivity contribution >= 4 is 28.5 Å². The summed E-state index contributed by atoms with van der Waals surface area (Å²) < 4.78 is 19.2. The number of aryl methyl sites for hydroxylation is 1. The van der Waals surface area contributed by atoms with E-state index < -0.39 is 18.1 Å². The highest BCUT2D eigenvalue weighted by Gasteiger charge is 2.33. The van der Waals surface area contributed by atoms with Gasteiger partial charge in [0.1, 0.15) is 11.5 Å². The highest BCUT2D eigenvalue weighted by molar-refractivity contribution is 6.80. The van der Waals surface area contributed by atoms with Gasteiger partial charge in [0.2, 0.25) is 9.04 Å². The summed E-state index contributed by atoms with van der Waals surface area (Å²) >= 11 is 0. The summed E-state index contributed by atoms with van der Waals surface area (Å²) in [6.07, 6.45) is 1.71. The van der Waals surface area contributed by atoms with E-state index >= 15 is 0 Å². The number of aromatic nitrogens is 1. The molecular formula is C29H43NO3Si2. The van der Waals surface area contributed by atoms with Gasteiger partial charge in [-0.25, -0.2) is 0 Å². The molecule has 0 saturated heterocycles. The minimum absolute atomic E-state index is 0.00202. The lowest BCUT2D eigenvalue weighted by Crippen LogP contribution is -2.49. The van der Waals surface area contributed by atoms with Crippen LogP contribution >= 0.6 is 0 Å². The van der Waals surface area contributed by atoms with Gasteiger partial charge in [-0.1, -0.05) is 107 Å². The third-order valence-corrected chi connectivity index (χ3v) is 9.56. The molecule has 190 valence electrons. The Kier molecular flexibility index (Phi) is 9.32. The summed E-state index contributed by atoms with van der Waals surface area (Å²) in [6, 6.07) is 23.5. The lowest BCUT2D eigenvalue weighted by molar-refractivity contribution is 0.0779. The lowest BCUT2D eigenvalue weighted by atomic mass is 9.86. The van der Waals surface area contributed by atoms with E-state index in [1.165, 1.54) is 10.4 Å². The Bertz CT molecular complexity index is 984. The van der Waals surface area contributed by atoms with Crippen LogP contribution in [-0.4, -0.2) is 29.3 Å². The second kappa shape index (κ2) is 11.8. The van der Waals surface area contributed by atoms with Crippen LogP contribution in [-0.2, 0) is 15.3 Å². The van der Waals surface area contributed by atoms with Gasteiger partial charge in [0.05, 0.1) is 12.2 Å². The Morgan fingerprint density at radius 1 is 0.800 bits per heavy atom. The smallest absolute Gasteiger partial charge is 0.240 e. The van der Waals surface area contributed by atoms with Crippen molar-refractivity contribution in [3.63, 3.8) is 0 Å². The van der Waals surface area contributed by atoms with E-state index in [0.29, 0.717) is 0 Å². The van der Waals surface area contributed by atoms with E-state index in [-0.39, 0.29) is 23.0 Å². The number of hydrogen-bond donors (Lipinski definition) is 0. The average Bonchev–Trinajstić information content (AvgIpc) is 3.25. The van der Waals surface area contributed by atoms with Gasteiger partial charge >= 0.3 is 0 Å². The molecule has 3 rings (SSSR count). The van der Waals surface area contributed by atoms with Crippen molar-refractivity contribution in [3.8, 4) is 0 Å². The van der Waals surface area contributed by atoms with E-state index in [1.807, 2.05) is 0 Å². The molecule has 1 heterocycles. The zero-order chi connectivity index (χ0) is 25.6. The predicted octanol–water partition coefficient (Wildman–Crippen LogP) is 5.66. The largest absolute Gasteiger partial charge is 0.411 e. The fourth-order valence-electron chi connectivity index (χ4n) is 4.31. The third kappa shape index (κ3) is 8.00. The van der Waals surface area contributed by atoms with Gasteiger partial charge in [0, 0.05) is 12.5 Å². The molecule has 6 heteroatoms. The zero-order valence-electron chi connectivity index (χ0n) is 22.7. The standard InChI is InChI=1S/C29H43NO3Si2/c1-28(2,3)26(32-35(23-15-11-9-12-16-23)24-17-13-10-14-18-24)20-19-22-21-25(30-31-22)27(29(4,5)6)33-34(7)8/h9-18,21,26-27,34-35H,19-20H2,1-8H3. The highest BCUT2D eigenvalue weighted by Crippen LogP contribution is 2.36. The summed E-state index contributed by atoms with van der Waals surface area (Å²) in [6.45, 7) is 17.8. The first-order valence-electron chi connectivity index (χ1n) is 12.8. The minimum Gasteiger partial charge on any atom is -0.411 e. The molecular weight excluding hydrogens is 466 g/mol. The van der Waals surface area contributed by atoms with Crippen LogP contribution in [0.25, 0.3) is 0 Å². The first-order valence-corrected chi connectivity index (χ1v) is 17.2. The summed E-state index contributed by atoms with van der Waals surface area (Å²) in [5.74, 6) is 0.902. The van der Waals surface area contributed by atoms with Crippen LogP contribution in [0.1, 0.15) is 65.5 Å². The van der Waals surface area contributed by atoms with Gasteiger partial charge in [-0.2, -0.15) is 0 Å². The lowest BCUT2D eigenvalue weighted by Gasteiger charge is -2.34. The molecule has 2 unspecified atom stereocenters. The SMILES string of the molecule is C[SiH](C)OC(c1cc(CCC(O[SiH](c2ccccc2)c2ccccc2)C(C)(C)C)on1)C(C)(C)C. The molecule has 0 aliphatic rings. The number of nitrogens with zero attached hydrogens (tertiary/aromatic N) is 1. The van der Waals surface area contributed by atoms with E-state index in [0.717, 1.165) is 24.3 Å². The monoisotopic (exact) mass is 509 g/mol. The quantitative estimate of drug-likeness (QED) is 0.331. The zero-order valence-corrected chi connectivity index (χ0v) is 25.1. The molecule has 0 spiro atoms. The van der Waals surface area contributed by atoms with Crippen LogP contribution in [0.15, 0.2) is 71.3 Å². The number of hydrogen-bond acceptors (Lipinski definition) is 4. The molecule has 0 N–H and O–H groups in total. The molecule has 1 aromatic heterocycles. The van der Waals surface area contributed by atoms with E-state index in [4.69, 9.17) is 13.4 Å². The second-order valence-electron chi connectivity index (χ2n) is 11.9. The van der Waals surface area contributed by atoms with Crippen LogP contribution in [0, 0.1) is 10.8 Å². The minimum atomic E-state index is -1.85. The van der Waals surface area contributed by atoms with Gasteiger partial charge in [-0.3, -0.25) is 0 Å². The summed E-state index contributed by atoms with van der Waals surface area (Å²) in [5.41, 5.74) is 0.868. The number of benzene rings is 2. The van der Waals surface area contributed by atoms with Crippen molar-refractivity contribution in [1.29, 1.82) is 0 Å². The molecule has 35 heavy (non-hydrogen) atoms. The second-order valence-corrected chi connectivity index (χ2v) is 16.6. The van der Waals surface area contributed by atoms with Gasteiger partial charge in [0.15, 0.2) is 9.04 Å². The molecule has 2 atom stereocenters. The molecule has 0 amide bonds. The van der Waals surface area contributed by atoms with Gasteiger partial charge in [-0.05, 0) is 40.7 Å². The molecule has 0 radical (unpaired) electrons. The van der Waals surface area contributed by atoms with E-state index in [2.05, 4.69) is 127 Å². The third-order valence-electron chi connectivity index (χ3n) is 6.16. The first-order chi connectivity index (χ1) is 16.4. The summed E-state index contributed by atoms with van der Waals surface area (Å²) in [7, 11) is -3.06. The molecule has 0 aliphatic carbocycles. The van der Waals surface area contributed by atoms with Crippen molar-refractivity contribution in [1.82, 2.24) is 5.16 Å².